The van der Waals surface area contributed by atoms with Crippen LogP contribution in [0.4, 0.5) is 10.5 Å². The third kappa shape index (κ3) is 5.62. The monoisotopic (exact) mass is 431 g/mol. The number of para-hydroxylation sites is 1. The molecule has 2 heterocycles. The zero-order chi connectivity index (χ0) is 22.3. The van der Waals surface area contributed by atoms with E-state index < -0.39 is 0 Å². The van der Waals surface area contributed by atoms with Crippen LogP contribution >= 0.6 is 0 Å². The predicted molar refractivity (Wildman–Crippen MR) is 127 cm³/mol. The fourth-order valence-corrected chi connectivity index (χ4v) is 4.01. The Labute approximate surface area is 188 Å². The Kier molecular flexibility index (Phi) is 6.97. The molecule has 1 aliphatic heterocycles. The molecule has 2 N–H and O–H groups in total. The fraction of sp³-hybridized carbons (Fsp3) is 0.320. The highest BCUT2D eigenvalue weighted by Crippen LogP contribution is 2.22. The standard InChI is InChI=1S/C25H29N5O2/c1-19-17-23(21-9-5-6-10-22(21)27-19)28-25(32)26-11-12-29-13-15-30(16-14-29)24(31)18-20-7-3-2-4-8-20/h2-10,17H,11-16,18H2,1H3,(H2,26,27,28,32). The summed E-state index contributed by atoms with van der Waals surface area (Å²) in [6, 6.07) is 19.3. The summed E-state index contributed by atoms with van der Waals surface area (Å²) in [6.07, 6.45) is 0.450. The van der Waals surface area contributed by atoms with E-state index in [0.29, 0.717) is 13.0 Å². The van der Waals surface area contributed by atoms with Gasteiger partial charge in [0.1, 0.15) is 0 Å². The summed E-state index contributed by atoms with van der Waals surface area (Å²) < 4.78 is 0. The summed E-state index contributed by atoms with van der Waals surface area (Å²) >= 11 is 0. The van der Waals surface area contributed by atoms with Crippen molar-refractivity contribution in [3.63, 3.8) is 0 Å². The number of piperazine rings is 1. The molecule has 3 aromatic rings. The second kappa shape index (κ2) is 10.2. The van der Waals surface area contributed by atoms with E-state index in [1.165, 1.54) is 0 Å². The number of hydrogen-bond donors (Lipinski definition) is 2. The Morgan fingerprint density at radius 1 is 0.969 bits per heavy atom. The van der Waals surface area contributed by atoms with E-state index in [2.05, 4.69) is 20.5 Å². The Hall–Kier alpha value is -3.45. The van der Waals surface area contributed by atoms with Gasteiger partial charge in [-0.15, -0.1) is 0 Å². The molecule has 0 atom stereocenters. The van der Waals surface area contributed by atoms with Crippen molar-refractivity contribution in [2.45, 2.75) is 13.3 Å². The quantitative estimate of drug-likeness (QED) is 0.629. The average molecular weight is 432 g/mol. The number of aryl methyl sites for hydroxylation is 1. The maximum Gasteiger partial charge on any atom is 0.319 e. The van der Waals surface area contributed by atoms with Gasteiger partial charge in [0.2, 0.25) is 5.91 Å². The van der Waals surface area contributed by atoms with Gasteiger partial charge in [-0.05, 0) is 24.6 Å². The third-order valence-electron chi connectivity index (χ3n) is 5.73. The molecule has 1 fully saturated rings. The topological polar surface area (TPSA) is 77.6 Å². The molecule has 4 rings (SSSR count). The molecular formula is C25H29N5O2. The summed E-state index contributed by atoms with van der Waals surface area (Å²) in [7, 11) is 0. The lowest BCUT2D eigenvalue weighted by Gasteiger charge is -2.34. The van der Waals surface area contributed by atoms with Crippen molar-refractivity contribution in [2.75, 3.05) is 44.6 Å². The molecule has 0 unspecified atom stereocenters. The van der Waals surface area contributed by atoms with Crippen molar-refractivity contribution in [2.24, 2.45) is 0 Å². The number of benzene rings is 2. The van der Waals surface area contributed by atoms with Gasteiger partial charge in [-0.2, -0.15) is 0 Å². The van der Waals surface area contributed by atoms with E-state index in [-0.39, 0.29) is 11.9 Å². The lowest BCUT2D eigenvalue weighted by atomic mass is 10.1. The van der Waals surface area contributed by atoms with E-state index in [1.54, 1.807) is 0 Å². The Balaban J connectivity index is 1.20. The van der Waals surface area contributed by atoms with Gasteiger partial charge in [0.05, 0.1) is 17.6 Å². The highest BCUT2D eigenvalue weighted by Gasteiger charge is 2.21. The average Bonchev–Trinajstić information content (AvgIpc) is 2.80. The van der Waals surface area contributed by atoms with Crippen LogP contribution in [0, 0.1) is 6.92 Å². The van der Waals surface area contributed by atoms with Gasteiger partial charge < -0.3 is 15.5 Å². The van der Waals surface area contributed by atoms with Crippen molar-refractivity contribution >= 4 is 28.5 Å². The molecule has 7 nitrogen and oxygen atoms in total. The molecule has 0 radical (unpaired) electrons. The van der Waals surface area contributed by atoms with Gasteiger partial charge >= 0.3 is 6.03 Å². The molecule has 3 amide bonds. The third-order valence-corrected chi connectivity index (χ3v) is 5.73. The first kappa shape index (κ1) is 21.8. The minimum Gasteiger partial charge on any atom is -0.340 e. The van der Waals surface area contributed by atoms with Crippen LogP contribution in [0.5, 0.6) is 0 Å². The number of pyridine rings is 1. The van der Waals surface area contributed by atoms with Crippen LogP contribution in [0.2, 0.25) is 0 Å². The lowest BCUT2D eigenvalue weighted by Crippen LogP contribution is -2.50. The lowest BCUT2D eigenvalue weighted by molar-refractivity contribution is -0.132. The molecule has 166 valence electrons. The zero-order valence-corrected chi connectivity index (χ0v) is 18.4. The number of urea groups is 1. The second-order valence-corrected chi connectivity index (χ2v) is 8.09. The number of rotatable bonds is 6. The van der Waals surface area contributed by atoms with E-state index in [0.717, 1.165) is 60.6 Å². The van der Waals surface area contributed by atoms with Gasteiger partial charge in [0, 0.05) is 50.3 Å². The van der Waals surface area contributed by atoms with Gasteiger partial charge in [-0.3, -0.25) is 14.7 Å². The minimum atomic E-state index is -0.225. The molecular weight excluding hydrogens is 402 g/mol. The molecule has 1 aromatic heterocycles. The number of fused-ring (bicyclic) bond motifs is 1. The van der Waals surface area contributed by atoms with Crippen LogP contribution in [0.3, 0.4) is 0 Å². The summed E-state index contributed by atoms with van der Waals surface area (Å²) in [6.45, 7) is 6.30. The van der Waals surface area contributed by atoms with Crippen LogP contribution in [-0.4, -0.2) is 66.0 Å². The van der Waals surface area contributed by atoms with Crippen molar-refractivity contribution < 1.29 is 9.59 Å². The number of anilines is 1. The van der Waals surface area contributed by atoms with Crippen LogP contribution in [0.25, 0.3) is 10.9 Å². The smallest absolute Gasteiger partial charge is 0.319 e. The van der Waals surface area contributed by atoms with Gasteiger partial charge in [0.15, 0.2) is 0 Å². The molecule has 0 spiro atoms. The molecule has 7 heteroatoms. The van der Waals surface area contributed by atoms with E-state index >= 15 is 0 Å². The zero-order valence-electron chi connectivity index (χ0n) is 18.4. The van der Waals surface area contributed by atoms with Crippen molar-refractivity contribution in [3.05, 3.63) is 71.9 Å². The summed E-state index contributed by atoms with van der Waals surface area (Å²) in [5, 5.41) is 6.80. The molecule has 0 bridgehead atoms. The van der Waals surface area contributed by atoms with E-state index in [1.807, 2.05) is 72.5 Å². The molecule has 2 aromatic carbocycles. The summed E-state index contributed by atoms with van der Waals surface area (Å²) in [4.78, 5) is 33.6. The second-order valence-electron chi connectivity index (χ2n) is 8.09. The largest absolute Gasteiger partial charge is 0.340 e. The fourth-order valence-electron chi connectivity index (χ4n) is 4.01. The van der Waals surface area contributed by atoms with Crippen molar-refractivity contribution in [1.82, 2.24) is 20.1 Å². The molecule has 1 saturated heterocycles. The number of hydrogen-bond acceptors (Lipinski definition) is 4. The summed E-state index contributed by atoms with van der Waals surface area (Å²) in [5.41, 5.74) is 3.53. The molecule has 32 heavy (non-hydrogen) atoms. The van der Waals surface area contributed by atoms with Crippen LogP contribution in [0.15, 0.2) is 60.7 Å². The number of carbonyl (C=O) groups is 2. The maximum absolute atomic E-state index is 12.5. The predicted octanol–water partition coefficient (Wildman–Crippen LogP) is 3.05. The van der Waals surface area contributed by atoms with Crippen LogP contribution < -0.4 is 10.6 Å². The first-order valence-electron chi connectivity index (χ1n) is 11.0. The van der Waals surface area contributed by atoms with Crippen molar-refractivity contribution in [3.8, 4) is 0 Å². The number of carbonyl (C=O) groups excluding carboxylic acids is 2. The van der Waals surface area contributed by atoms with Crippen LogP contribution in [-0.2, 0) is 11.2 Å². The SMILES string of the molecule is Cc1cc(NC(=O)NCCN2CCN(C(=O)Cc3ccccc3)CC2)c2ccccc2n1. The normalized spacial score (nSPS) is 14.3. The van der Waals surface area contributed by atoms with Gasteiger partial charge in [-0.25, -0.2) is 4.79 Å². The Morgan fingerprint density at radius 3 is 2.47 bits per heavy atom. The number of nitrogens with one attached hydrogen (secondary N) is 2. The number of amides is 3. The van der Waals surface area contributed by atoms with Gasteiger partial charge in [-0.1, -0.05) is 48.5 Å². The molecule has 0 saturated carbocycles. The first-order valence-corrected chi connectivity index (χ1v) is 11.0. The first-order chi connectivity index (χ1) is 15.6. The van der Waals surface area contributed by atoms with Crippen LogP contribution in [0.1, 0.15) is 11.3 Å². The molecule has 1 aliphatic rings. The Bertz CT molecular complexity index is 1080. The van der Waals surface area contributed by atoms with E-state index in [9.17, 15) is 9.59 Å². The number of aromatic nitrogens is 1. The Morgan fingerprint density at radius 2 is 1.69 bits per heavy atom. The van der Waals surface area contributed by atoms with Crippen molar-refractivity contribution in [1.29, 1.82) is 0 Å². The minimum absolute atomic E-state index is 0.174. The highest BCUT2D eigenvalue weighted by atomic mass is 16.2. The maximum atomic E-state index is 12.5. The van der Waals surface area contributed by atoms with E-state index in [4.69, 9.17) is 0 Å². The van der Waals surface area contributed by atoms with Gasteiger partial charge in [0.25, 0.3) is 0 Å². The summed E-state index contributed by atoms with van der Waals surface area (Å²) in [5.74, 6) is 0.174. The number of nitrogens with zero attached hydrogens (tertiary/aromatic N) is 3. The molecule has 0 aliphatic carbocycles. The highest BCUT2D eigenvalue weighted by molar-refractivity contribution is 6.00.